The van der Waals surface area contributed by atoms with E-state index < -0.39 is 56.4 Å². The lowest BCUT2D eigenvalue weighted by Gasteiger charge is -2.19. The van der Waals surface area contributed by atoms with E-state index in [-0.39, 0.29) is 12.9 Å². The normalized spacial score (nSPS) is 18.0. The molecule has 23 heavy (non-hydrogen) atoms. The van der Waals surface area contributed by atoms with E-state index in [1.807, 2.05) is 0 Å². The molecule has 11 nitrogen and oxygen atoms in total. The first kappa shape index (κ1) is 27.1. The van der Waals surface area contributed by atoms with Crippen LogP contribution in [0.2, 0.25) is 0 Å². The molecule has 0 rings (SSSR count). The van der Waals surface area contributed by atoms with Gasteiger partial charge in [-0.1, -0.05) is 0 Å². The third-order valence-corrected chi connectivity index (χ3v) is 2.23. The van der Waals surface area contributed by atoms with Crippen LogP contribution in [0.1, 0.15) is 6.92 Å². The molecule has 0 radical (unpaired) electrons. The fraction of sp³-hybridized carbons (Fsp3) is 0.917. The van der Waals surface area contributed by atoms with E-state index in [0.717, 1.165) is 0 Å². The van der Waals surface area contributed by atoms with Crippen LogP contribution in [0, 0.1) is 0 Å². The summed E-state index contributed by atoms with van der Waals surface area (Å²) in [5.74, 6) is 0. The zero-order chi connectivity index (χ0) is 19.0. The van der Waals surface area contributed by atoms with E-state index in [9.17, 15) is 4.79 Å². The second-order valence-corrected chi connectivity index (χ2v) is 4.17. The number of hydrogen-bond donors (Lipinski definition) is 10. The molecule has 0 heterocycles. The Morgan fingerprint density at radius 3 is 1.17 bits per heavy atom. The minimum atomic E-state index is -1.64. The molecule has 11 heteroatoms. The number of carbonyl (C=O) groups is 1. The Bertz CT molecular complexity index is 243. The van der Waals surface area contributed by atoms with Crippen molar-refractivity contribution in [3.63, 3.8) is 0 Å². The van der Waals surface area contributed by atoms with Crippen LogP contribution in [0.25, 0.3) is 0 Å². The Labute approximate surface area is 133 Å². The molecule has 0 aliphatic heterocycles. The van der Waals surface area contributed by atoms with Gasteiger partial charge in [0.15, 0.2) is 6.29 Å². The fourth-order valence-electron chi connectivity index (χ4n) is 0.889. The molecule has 0 aromatic carbocycles. The van der Waals surface area contributed by atoms with Crippen molar-refractivity contribution < 1.29 is 55.9 Å². The number of aliphatic hydroxyl groups is 10. The minimum Gasteiger partial charge on any atom is -0.397 e. The highest BCUT2D eigenvalue weighted by molar-refractivity contribution is 5.56. The lowest BCUT2D eigenvalue weighted by molar-refractivity contribution is -0.127. The number of hydrogen-bond acceptors (Lipinski definition) is 11. The number of aliphatic hydroxyl groups excluding tert-OH is 10. The van der Waals surface area contributed by atoms with Gasteiger partial charge in [-0.3, -0.25) is 0 Å². The van der Waals surface area contributed by atoms with Crippen molar-refractivity contribution in [2.75, 3.05) is 26.4 Å². The maximum atomic E-state index is 9.76. The Hall–Kier alpha value is -0.730. The van der Waals surface area contributed by atoms with Crippen molar-refractivity contribution in [2.45, 2.75) is 43.5 Å². The average Bonchev–Trinajstić information content (AvgIpc) is 2.58. The predicted molar refractivity (Wildman–Crippen MR) is 76.1 cm³/mol. The third-order valence-electron chi connectivity index (χ3n) is 2.23. The highest BCUT2D eigenvalue weighted by atomic mass is 16.4. The van der Waals surface area contributed by atoms with Gasteiger partial charge in [-0.05, 0) is 6.92 Å². The van der Waals surface area contributed by atoms with Crippen LogP contribution < -0.4 is 0 Å². The SMILES string of the molecule is CCO.O=C[C@H](O)[C@@H](O)[C@H](O)CO.OC[C@@H](O)[C@H](O)[C@@H](O)CO. The summed E-state index contributed by atoms with van der Waals surface area (Å²) in [6, 6.07) is 0. The van der Waals surface area contributed by atoms with Gasteiger partial charge in [0.05, 0.1) is 19.8 Å². The van der Waals surface area contributed by atoms with Gasteiger partial charge in [0.2, 0.25) is 0 Å². The Balaban J connectivity index is -0.000000297. The van der Waals surface area contributed by atoms with E-state index in [2.05, 4.69) is 0 Å². The molecule has 0 amide bonds. The quantitative estimate of drug-likeness (QED) is 0.186. The summed E-state index contributed by atoms with van der Waals surface area (Å²) in [5, 5.41) is 84.2. The maximum Gasteiger partial charge on any atom is 0.151 e. The standard InChI is InChI=1S/C5H12O5.C5H10O5.C2H6O/c2*6-1-3(8)5(10)4(9)2-7;1-2-3/h3-10H,1-2H2;1,3-5,7-10H,2H2;3H,2H2,1H3/t2*3-,4+,5+;/m.0./s1. The van der Waals surface area contributed by atoms with Crippen molar-refractivity contribution in [3.8, 4) is 0 Å². The highest BCUT2D eigenvalue weighted by Crippen LogP contribution is 1.98. The second-order valence-electron chi connectivity index (χ2n) is 4.17. The van der Waals surface area contributed by atoms with Crippen molar-refractivity contribution in [3.05, 3.63) is 0 Å². The zero-order valence-electron chi connectivity index (χ0n) is 12.8. The van der Waals surface area contributed by atoms with Gasteiger partial charge in [0.25, 0.3) is 0 Å². The van der Waals surface area contributed by atoms with Crippen LogP contribution >= 0.6 is 0 Å². The molecule has 0 aromatic heterocycles. The Morgan fingerprint density at radius 1 is 0.696 bits per heavy atom. The van der Waals surface area contributed by atoms with Crippen molar-refractivity contribution in [2.24, 2.45) is 0 Å². The van der Waals surface area contributed by atoms with E-state index >= 15 is 0 Å². The van der Waals surface area contributed by atoms with Gasteiger partial charge in [-0.25, -0.2) is 0 Å². The highest BCUT2D eigenvalue weighted by Gasteiger charge is 2.23. The molecule has 142 valence electrons. The summed E-state index contributed by atoms with van der Waals surface area (Å²) in [6.07, 6.45) is -8.92. The molecule has 0 bridgehead atoms. The van der Waals surface area contributed by atoms with Crippen molar-refractivity contribution in [1.29, 1.82) is 0 Å². The monoisotopic (exact) mass is 348 g/mol. The molecule has 0 spiro atoms. The molecule has 0 saturated heterocycles. The molecule has 6 atom stereocenters. The van der Waals surface area contributed by atoms with Crippen LogP contribution in [-0.2, 0) is 4.79 Å². The topological polar surface area (TPSA) is 219 Å². The van der Waals surface area contributed by atoms with Gasteiger partial charge in [0.1, 0.15) is 36.6 Å². The average molecular weight is 348 g/mol. The summed E-state index contributed by atoms with van der Waals surface area (Å²) < 4.78 is 0. The van der Waals surface area contributed by atoms with Gasteiger partial charge in [-0.2, -0.15) is 0 Å². The Kier molecular flexibility index (Phi) is 20.8. The molecular weight excluding hydrogens is 320 g/mol. The first-order chi connectivity index (χ1) is 10.7. The first-order valence-corrected chi connectivity index (χ1v) is 6.65. The second kappa shape index (κ2) is 17.6. The van der Waals surface area contributed by atoms with Crippen LogP contribution in [-0.4, -0.2) is 120 Å². The summed E-state index contributed by atoms with van der Waals surface area (Å²) in [5.41, 5.74) is 0. The molecular formula is C12H28O11. The molecule has 0 saturated carbocycles. The third kappa shape index (κ3) is 14.6. The molecule has 0 aromatic rings. The van der Waals surface area contributed by atoms with Crippen LogP contribution in [0.15, 0.2) is 0 Å². The summed E-state index contributed by atoms with van der Waals surface area (Å²) in [4.78, 5) is 9.76. The molecule has 10 N–H and O–H groups in total. The molecule has 0 unspecified atom stereocenters. The van der Waals surface area contributed by atoms with Gasteiger partial charge >= 0.3 is 0 Å². The lowest BCUT2D eigenvalue weighted by Crippen LogP contribution is -2.41. The number of aldehydes is 1. The van der Waals surface area contributed by atoms with Crippen LogP contribution in [0.3, 0.4) is 0 Å². The van der Waals surface area contributed by atoms with E-state index in [0.29, 0.717) is 0 Å². The van der Waals surface area contributed by atoms with Gasteiger partial charge in [0, 0.05) is 6.61 Å². The molecule has 0 aliphatic rings. The zero-order valence-corrected chi connectivity index (χ0v) is 12.8. The van der Waals surface area contributed by atoms with E-state index in [4.69, 9.17) is 51.1 Å². The lowest BCUT2D eigenvalue weighted by atomic mass is 10.1. The van der Waals surface area contributed by atoms with Crippen LogP contribution in [0.5, 0.6) is 0 Å². The Morgan fingerprint density at radius 2 is 0.957 bits per heavy atom. The molecule has 0 aliphatic carbocycles. The van der Waals surface area contributed by atoms with E-state index in [1.54, 1.807) is 6.92 Å². The van der Waals surface area contributed by atoms with Crippen molar-refractivity contribution >= 4 is 6.29 Å². The predicted octanol–water partition coefficient (Wildman–Crippen LogP) is -5.69. The van der Waals surface area contributed by atoms with E-state index in [1.165, 1.54) is 0 Å². The minimum absolute atomic E-state index is 0.0869. The van der Waals surface area contributed by atoms with Crippen molar-refractivity contribution in [1.82, 2.24) is 0 Å². The summed E-state index contributed by atoms with van der Waals surface area (Å²) in [7, 11) is 0. The number of carbonyl (C=O) groups excluding carboxylic acids is 1. The summed E-state index contributed by atoms with van der Waals surface area (Å²) >= 11 is 0. The largest absolute Gasteiger partial charge is 0.397 e. The number of rotatable bonds is 8. The smallest absolute Gasteiger partial charge is 0.151 e. The molecule has 0 fully saturated rings. The summed E-state index contributed by atoms with van der Waals surface area (Å²) in [6.45, 7) is -0.0392. The maximum absolute atomic E-state index is 9.76. The van der Waals surface area contributed by atoms with Gasteiger partial charge < -0.3 is 55.9 Å². The van der Waals surface area contributed by atoms with Crippen LogP contribution in [0.4, 0.5) is 0 Å². The first-order valence-electron chi connectivity index (χ1n) is 6.65. The van der Waals surface area contributed by atoms with Gasteiger partial charge in [-0.15, -0.1) is 0 Å². The fourth-order valence-corrected chi connectivity index (χ4v) is 0.889.